The molecule has 0 bridgehead atoms. The van der Waals surface area contributed by atoms with Crippen molar-refractivity contribution in [2.24, 2.45) is 11.8 Å². The maximum absolute atomic E-state index is 11.6. The Bertz CT molecular complexity index is 765. The van der Waals surface area contributed by atoms with Crippen molar-refractivity contribution in [1.29, 1.82) is 0 Å². The molecule has 2 saturated heterocycles. The number of piperidine rings is 2. The molecule has 3 heterocycles. The Morgan fingerprint density at radius 1 is 1.02 bits per heavy atom. The molecule has 2 aliphatic rings. The number of rotatable bonds is 6. The van der Waals surface area contributed by atoms with Crippen molar-refractivity contribution < 1.29 is 197 Å². The van der Waals surface area contributed by atoms with Crippen molar-refractivity contribution in [3.05, 3.63) is 24.0 Å². The van der Waals surface area contributed by atoms with E-state index in [-0.39, 0.29) is 192 Å². The Labute approximate surface area is 385 Å². The molecule has 1 aromatic heterocycles. The minimum absolute atomic E-state index is 0. The van der Waals surface area contributed by atoms with E-state index in [1.165, 1.54) is 0 Å². The quantitative estimate of drug-likeness (QED) is 0.128. The van der Waals surface area contributed by atoms with Crippen LogP contribution < -0.4 is 40.6 Å². The zero-order valence-corrected chi connectivity index (χ0v) is 42.1. The van der Waals surface area contributed by atoms with E-state index in [0.29, 0.717) is 13.2 Å². The van der Waals surface area contributed by atoms with Gasteiger partial charge in [-0.25, -0.2) is 0 Å². The Morgan fingerprint density at radius 2 is 1.44 bits per heavy atom. The second-order valence-corrected chi connectivity index (χ2v) is 8.91. The van der Waals surface area contributed by atoms with Crippen molar-refractivity contribution in [3.8, 4) is 0 Å². The molecule has 0 saturated carbocycles. The van der Waals surface area contributed by atoms with Gasteiger partial charge >= 0.3 is 48.8 Å². The first-order chi connectivity index (χ1) is 17.7. The smallest absolute Gasteiger partial charge is 1.00 e. The first-order valence-corrected chi connectivity index (χ1v) is 13.4. The molecule has 0 amide bonds. The number of carbonyl (C=O) groups is 2. The summed E-state index contributed by atoms with van der Waals surface area (Å²) in [6.45, 7) is 9.20. The van der Waals surface area contributed by atoms with Crippen molar-refractivity contribution in [3.63, 3.8) is 0 Å². The van der Waals surface area contributed by atoms with Crippen LogP contribution in [0.5, 0.6) is 0 Å². The second kappa shape index (κ2) is 36.5. The summed E-state index contributed by atoms with van der Waals surface area (Å²) < 4.78 is 9.98. The Morgan fingerprint density at radius 3 is 1.83 bits per heavy atom. The van der Waals surface area contributed by atoms with E-state index in [9.17, 15) is 9.59 Å². The summed E-state index contributed by atoms with van der Waals surface area (Å²) in [6, 6.07) is 1.95. The summed E-state index contributed by atoms with van der Waals surface area (Å²) >= 11 is 9.53. The number of carbonyl (C=O) groups excluding carboxylic acids is 2. The topological polar surface area (TPSA) is 167 Å². The number of ether oxygens (including phenoxy) is 2. The van der Waals surface area contributed by atoms with Crippen LogP contribution in [0.1, 0.15) is 46.5 Å². The van der Waals surface area contributed by atoms with Crippen LogP contribution in [0.15, 0.2) is 18.5 Å². The maximum Gasteiger partial charge on any atom is 1.00 e. The number of hydrogen-bond donors (Lipinski definition) is 5. The van der Waals surface area contributed by atoms with Crippen LogP contribution in [-0.4, -0.2) is 88.9 Å². The molecule has 0 atom stereocenters. The number of alkyl halides is 2. The van der Waals surface area contributed by atoms with Gasteiger partial charge in [0.15, 0.2) is 0 Å². The summed E-state index contributed by atoms with van der Waals surface area (Å²) in [5.41, 5.74) is 7.72. The van der Waals surface area contributed by atoms with E-state index in [4.69, 9.17) is 53.5 Å². The molecule has 2 fully saturated rings. The molecule has 6 N–H and O–H groups in total. The molecule has 3 radical (unpaired) electrons. The molecule has 41 heavy (non-hydrogen) atoms. The van der Waals surface area contributed by atoms with Crippen LogP contribution in [-0.2, 0) is 25.6 Å². The predicted molar refractivity (Wildman–Crippen MR) is 146 cm³/mol. The number of esters is 2. The molecule has 3 rings (SSSR count). The first-order valence-electron chi connectivity index (χ1n) is 12.3. The Kier molecular flexibility index (Phi) is 48.2. The van der Waals surface area contributed by atoms with Crippen molar-refractivity contribution in [1.82, 2.24) is 15.2 Å². The number of nitrogens with two attached hydrogens (primary N) is 1. The minimum atomic E-state index is -2.17. The Balaban J connectivity index is -0.000000122. The van der Waals surface area contributed by atoms with Crippen LogP contribution in [0.25, 0.3) is 0 Å². The zero-order chi connectivity index (χ0) is 28.1. The van der Waals surface area contributed by atoms with E-state index in [1.54, 1.807) is 12.4 Å². The third-order valence-electron chi connectivity index (χ3n) is 5.51. The largest absolute Gasteiger partial charge is 1.00 e. The van der Waals surface area contributed by atoms with E-state index >= 15 is 0 Å². The average Bonchev–Trinajstić information content (AvgIpc) is 2.87. The maximum atomic E-state index is 11.6. The molecule has 0 unspecified atom stereocenters. The second-order valence-electron chi connectivity index (χ2n) is 8.10. The van der Waals surface area contributed by atoms with Gasteiger partial charge in [-0.15, -0.1) is 23.2 Å². The first kappa shape index (κ1) is 54.1. The van der Waals surface area contributed by atoms with Crippen molar-refractivity contribution >= 4 is 48.1 Å². The third-order valence-corrected chi connectivity index (χ3v) is 5.51. The Hall–Kier alpha value is 3.66. The van der Waals surface area contributed by atoms with E-state index < -0.39 is 7.32 Å². The van der Waals surface area contributed by atoms with Crippen molar-refractivity contribution in [2.45, 2.75) is 46.1 Å². The van der Waals surface area contributed by atoms with E-state index in [0.717, 1.165) is 69.7 Å². The average molecular weight is 1270 g/mol. The van der Waals surface area contributed by atoms with Crippen LogP contribution >= 0.6 is 23.2 Å². The normalized spacial score (nSPS) is 14.4. The van der Waals surface area contributed by atoms with Crippen LogP contribution in [0.3, 0.4) is 0 Å². The molecule has 0 spiro atoms. The standard InChI is InChI=1S/C14H21N3O2.C8H15NO2.CH2Cl2.3Ac.BH3O3.Na.H/c1-2-19-14(18)11-4-7-17(8-5-11)10-12-3-6-16-9-13(12)15;1-2-11-8(10)7-3-5-9-6-4-7;2-1-3;;;;2-1(3)4;;/h3,6,9,11H,2,4-5,7-8,10,15H2,1H3;7,9H,2-6H2,1H3;1H2;;;;2-4H;;/q;;;;;;;+1;-1. The van der Waals surface area contributed by atoms with E-state index in [2.05, 4.69) is 15.2 Å². The number of nitrogens with zero attached hydrogens (tertiary/aromatic N) is 2. The fourth-order valence-electron chi connectivity index (χ4n) is 3.72. The van der Waals surface area contributed by atoms with Gasteiger partial charge in [-0.2, -0.15) is 0 Å². The molecular formula is C23H42Ac3BCl2N4NaO7. The van der Waals surface area contributed by atoms with Gasteiger partial charge < -0.3 is 37.0 Å². The molecule has 2 aliphatic heterocycles. The molecule has 11 nitrogen and oxygen atoms in total. The number of hydrogen-bond acceptors (Lipinski definition) is 11. The summed E-state index contributed by atoms with van der Waals surface area (Å²) in [6.07, 6.45) is 7.03. The van der Waals surface area contributed by atoms with Gasteiger partial charge in [0.25, 0.3) is 0 Å². The van der Waals surface area contributed by atoms with Crippen LogP contribution in [0.4, 0.5) is 5.69 Å². The fourth-order valence-corrected chi connectivity index (χ4v) is 3.72. The molecular weight excluding hydrogens is 1230 g/mol. The molecule has 0 aliphatic carbocycles. The van der Waals surface area contributed by atoms with E-state index in [1.807, 2.05) is 19.9 Å². The summed E-state index contributed by atoms with van der Waals surface area (Å²) in [5.74, 6) is 0.141. The molecule has 0 aromatic carbocycles. The fraction of sp³-hybridized carbons (Fsp3) is 0.696. The van der Waals surface area contributed by atoms with Gasteiger partial charge in [0, 0.05) is 145 Å². The van der Waals surface area contributed by atoms with Gasteiger partial charge in [-0.05, 0) is 77.3 Å². The molecule has 18 heteroatoms. The number of pyridine rings is 1. The zero-order valence-electron chi connectivity index (χ0n) is 25.4. The van der Waals surface area contributed by atoms with Gasteiger partial charge in [0.1, 0.15) is 0 Å². The monoisotopic (exact) mass is 1270 g/mol. The third kappa shape index (κ3) is 29.5. The minimum Gasteiger partial charge on any atom is -1.00 e. The molecule has 223 valence electrons. The number of aromatic nitrogens is 1. The predicted octanol–water partition coefficient (Wildman–Crippen LogP) is -1.53. The van der Waals surface area contributed by atoms with Crippen LogP contribution in [0.2, 0.25) is 0 Å². The number of nitrogen functional groups attached to an aromatic ring is 1. The number of likely N-dealkylation sites (tertiary alicyclic amines) is 1. The number of anilines is 1. The van der Waals surface area contributed by atoms with Gasteiger partial charge in [-0.3, -0.25) is 19.5 Å². The van der Waals surface area contributed by atoms with Gasteiger partial charge in [0.05, 0.1) is 42.3 Å². The van der Waals surface area contributed by atoms with Gasteiger partial charge in [0.2, 0.25) is 0 Å². The van der Waals surface area contributed by atoms with Gasteiger partial charge in [-0.1, -0.05) is 0 Å². The number of halogens is 2. The van der Waals surface area contributed by atoms with Crippen LogP contribution in [0, 0.1) is 144 Å². The summed E-state index contributed by atoms with van der Waals surface area (Å²) in [4.78, 5) is 29.1. The van der Waals surface area contributed by atoms with Crippen molar-refractivity contribution in [2.75, 3.05) is 50.5 Å². The summed E-state index contributed by atoms with van der Waals surface area (Å²) in [7, 11) is -2.17. The SMILES string of the molecule is CCOC(=O)C1CCN(Cc2ccncc2N)CC1.CCOC(=O)C1CCNCC1.ClCCl.OB(O)O.[Ac].[Ac].[Ac].[H-].[Na+]. The summed E-state index contributed by atoms with van der Waals surface area (Å²) in [5, 5.41) is 24.9. The number of nitrogens with one attached hydrogen (secondary N) is 1. The molecule has 1 aromatic rings.